The Labute approximate surface area is 163 Å². The van der Waals surface area contributed by atoms with Crippen LogP contribution in [0.25, 0.3) is 0 Å². The molecule has 26 heavy (non-hydrogen) atoms. The molecule has 1 heterocycles. The van der Waals surface area contributed by atoms with Gasteiger partial charge in [-0.05, 0) is 54.9 Å². The van der Waals surface area contributed by atoms with E-state index < -0.39 is 0 Å². The molecule has 0 radical (unpaired) electrons. The zero-order valence-electron chi connectivity index (χ0n) is 14.7. The molecule has 134 valence electrons. The average molecular weight is 384 g/mol. The summed E-state index contributed by atoms with van der Waals surface area (Å²) in [4.78, 5) is 13.4. The topological polar surface area (TPSA) is 64.9 Å². The highest BCUT2D eigenvalue weighted by molar-refractivity contribution is 7.80. The molecule has 4 nitrogen and oxygen atoms in total. The highest BCUT2D eigenvalue weighted by Gasteiger charge is 2.24. The number of hydrogen-bond acceptors (Lipinski definition) is 4. The van der Waals surface area contributed by atoms with Crippen molar-refractivity contribution in [1.82, 2.24) is 5.32 Å². The van der Waals surface area contributed by atoms with Crippen molar-refractivity contribution in [2.45, 2.75) is 39.0 Å². The minimum atomic E-state index is -0.125. The predicted octanol–water partition coefficient (Wildman–Crippen LogP) is 4.19. The number of amides is 1. The van der Waals surface area contributed by atoms with Crippen molar-refractivity contribution in [2.24, 2.45) is 5.92 Å². The van der Waals surface area contributed by atoms with Crippen LogP contribution < -0.4 is 10.6 Å². The van der Waals surface area contributed by atoms with Gasteiger partial charge in [-0.2, -0.15) is 5.26 Å². The van der Waals surface area contributed by atoms with Gasteiger partial charge in [0.05, 0.1) is 5.56 Å². The summed E-state index contributed by atoms with van der Waals surface area (Å²) < 4.78 is 0. The second-order valence-electron chi connectivity index (χ2n) is 6.66. The standard InChI is InChI=1S/C20H21N3OS2/c1-13-7-9-15-16(12-21)19(26-17(15)11-13)23-20(25)22-18(24)10-8-14-5-3-2-4-6-14/h2-6,13H,7-11H2,1H3,(H2,22,23,24,25). The summed E-state index contributed by atoms with van der Waals surface area (Å²) in [5.74, 6) is 0.519. The fraction of sp³-hybridized carbons (Fsp3) is 0.350. The lowest BCUT2D eigenvalue weighted by Crippen LogP contribution is -2.34. The molecule has 1 aromatic carbocycles. The summed E-state index contributed by atoms with van der Waals surface area (Å²) in [7, 11) is 0. The van der Waals surface area contributed by atoms with Gasteiger partial charge in [-0.3, -0.25) is 4.79 Å². The van der Waals surface area contributed by atoms with E-state index in [0.717, 1.165) is 35.4 Å². The Morgan fingerprint density at radius 2 is 2.15 bits per heavy atom. The Hall–Kier alpha value is -2.23. The zero-order valence-corrected chi connectivity index (χ0v) is 16.3. The number of anilines is 1. The van der Waals surface area contributed by atoms with Gasteiger partial charge in [0.15, 0.2) is 5.11 Å². The molecule has 1 atom stereocenters. The van der Waals surface area contributed by atoms with Crippen molar-refractivity contribution in [3.05, 3.63) is 51.9 Å². The van der Waals surface area contributed by atoms with Crippen LogP contribution in [0, 0.1) is 17.2 Å². The molecule has 1 aliphatic carbocycles. The first-order valence-corrected chi connectivity index (χ1v) is 9.98. The molecule has 0 saturated carbocycles. The molecule has 0 spiro atoms. The fourth-order valence-electron chi connectivity index (χ4n) is 3.18. The Kier molecular flexibility index (Phi) is 6.02. The number of nitrogens with one attached hydrogen (secondary N) is 2. The number of thiophene rings is 1. The Morgan fingerprint density at radius 1 is 1.38 bits per heavy atom. The largest absolute Gasteiger partial charge is 0.323 e. The quantitative estimate of drug-likeness (QED) is 0.777. The fourth-order valence-corrected chi connectivity index (χ4v) is 4.83. The predicted molar refractivity (Wildman–Crippen MR) is 109 cm³/mol. The maximum absolute atomic E-state index is 12.1. The van der Waals surface area contributed by atoms with Crippen LogP contribution in [0.4, 0.5) is 5.00 Å². The third-order valence-electron chi connectivity index (χ3n) is 4.59. The van der Waals surface area contributed by atoms with Gasteiger partial charge in [0, 0.05) is 11.3 Å². The van der Waals surface area contributed by atoms with E-state index in [1.54, 1.807) is 11.3 Å². The number of nitriles is 1. The smallest absolute Gasteiger partial charge is 0.226 e. The maximum Gasteiger partial charge on any atom is 0.226 e. The monoisotopic (exact) mass is 383 g/mol. The maximum atomic E-state index is 12.1. The van der Waals surface area contributed by atoms with Crippen molar-refractivity contribution < 1.29 is 4.79 Å². The number of carbonyl (C=O) groups is 1. The van der Waals surface area contributed by atoms with Gasteiger partial charge in [0.1, 0.15) is 11.1 Å². The van der Waals surface area contributed by atoms with Crippen LogP contribution in [0.5, 0.6) is 0 Å². The Morgan fingerprint density at radius 3 is 2.88 bits per heavy atom. The third kappa shape index (κ3) is 4.48. The summed E-state index contributed by atoms with van der Waals surface area (Å²) in [5, 5.41) is 16.3. The van der Waals surface area contributed by atoms with Gasteiger partial charge < -0.3 is 10.6 Å². The van der Waals surface area contributed by atoms with Gasteiger partial charge >= 0.3 is 0 Å². The van der Waals surface area contributed by atoms with E-state index in [9.17, 15) is 10.1 Å². The lowest BCUT2D eigenvalue weighted by atomic mass is 9.89. The van der Waals surface area contributed by atoms with E-state index in [2.05, 4.69) is 23.6 Å². The van der Waals surface area contributed by atoms with Crippen LogP contribution in [-0.2, 0) is 24.1 Å². The van der Waals surface area contributed by atoms with Crippen molar-refractivity contribution in [1.29, 1.82) is 5.26 Å². The van der Waals surface area contributed by atoms with E-state index >= 15 is 0 Å². The molecule has 2 aromatic rings. The molecule has 1 unspecified atom stereocenters. The van der Waals surface area contributed by atoms with Crippen LogP contribution >= 0.6 is 23.6 Å². The van der Waals surface area contributed by atoms with E-state index in [1.807, 2.05) is 30.3 Å². The normalized spacial score (nSPS) is 15.6. The second kappa shape index (κ2) is 8.43. The first-order valence-electron chi connectivity index (χ1n) is 8.76. The number of hydrogen-bond donors (Lipinski definition) is 2. The van der Waals surface area contributed by atoms with Crippen LogP contribution in [0.3, 0.4) is 0 Å². The number of fused-ring (bicyclic) bond motifs is 1. The summed E-state index contributed by atoms with van der Waals surface area (Å²) in [6.07, 6.45) is 4.10. The first-order chi connectivity index (χ1) is 12.6. The van der Waals surface area contributed by atoms with Gasteiger partial charge in [0.2, 0.25) is 5.91 Å². The molecular weight excluding hydrogens is 362 g/mol. The first kappa shape index (κ1) is 18.6. The SMILES string of the molecule is CC1CCc2c(sc(NC(=S)NC(=O)CCc3ccccc3)c2C#N)C1. The highest BCUT2D eigenvalue weighted by atomic mass is 32.1. The van der Waals surface area contributed by atoms with Gasteiger partial charge in [-0.1, -0.05) is 37.3 Å². The van der Waals surface area contributed by atoms with Crippen molar-refractivity contribution >= 4 is 39.6 Å². The molecule has 1 aliphatic rings. The number of rotatable bonds is 4. The Bertz CT molecular complexity index is 852. The lowest BCUT2D eigenvalue weighted by Gasteiger charge is -2.17. The van der Waals surface area contributed by atoms with Crippen LogP contribution in [-0.4, -0.2) is 11.0 Å². The minimum absolute atomic E-state index is 0.125. The average Bonchev–Trinajstić information content (AvgIpc) is 2.96. The summed E-state index contributed by atoms with van der Waals surface area (Å²) in [6.45, 7) is 2.24. The molecule has 1 amide bonds. The van der Waals surface area contributed by atoms with Crippen molar-refractivity contribution in [2.75, 3.05) is 5.32 Å². The van der Waals surface area contributed by atoms with Crippen LogP contribution in [0.15, 0.2) is 30.3 Å². The van der Waals surface area contributed by atoms with E-state index in [4.69, 9.17) is 12.2 Å². The molecular formula is C20H21N3OS2. The summed E-state index contributed by atoms with van der Waals surface area (Å²) in [6, 6.07) is 12.2. The van der Waals surface area contributed by atoms with Gasteiger partial charge in [-0.25, -0.2) is 0 Å². The molecule has 0 saturated heterocycles. The number of aryl methyl sites for hydroxylation is 1. The summed E-state index contributed by atoms with van der Waals surface area (Å²) in [5.41, 5.74) is 2.95. The van der Waals surface area contributed by atoms with E-state index in [0.29, 0.717) is 24.3 Å². The van der Waals surface area contributed by atoms with Crippen molar-refractivity contribution in [3.63, 3.8) is 0 Å². The molecule has 3 rings (SSSR count). The van der Waals surface area contributed by atoms with Crippen LogP contribution in [0.1, 0.15) is 41.3 Å². The number of carbonyl (C=O) groups excluding carboxylic acids is 1. The van der Waals surface area contributed by atoms with Gasteiger partial charge in [-0.15, -0.1) is 11.3 Å². The van der Waals surface area contributed by atoms with E-state index in [1.165, 1.54) is 4.88 Å². The summed E-state index contributed by atoms with van der Waals surface area (Å²) >= 11 is 6.85. The molecule has 0 bridgehead atoms. The number of nitrogens with zero attached hydrogens (tertiary/aromatic N) is 1. The third-order valence-corrected chi connectivity index (χ3v) is 5.96. The highest BCUT2D eigenvalue weighted by Crippen LogP contribution is 2.39. The Balaban J connectivity index is 1.58. The molecule has 2 N–H and O–H groups in total. The number of thiocarbonyl (C=S) groups is 1. The van der Waals surface area contributed by atoms with Crippen LogP contribution in [0.2, 0.25) is 0 Å². The zero-order chi connectivity index (χ0) is 18.5. The lowest BCUT2D eigenvalue weighted by molar-refractivity contribution is -0.119. The van der Waals surface area contributed by atoms with Crippen molar-refractivity contribution in [3.8, 4) is 6.07 Å². The number of benzene rings is 1. The molecule has 0 fully saturated rings. The van der Waals surface area contributed by atoms with Gasteiger partial charge in [0.25, 0.3) is 0 Å². The minimum Gasteiger partial charge on any atom is -0.323 e. The molecule has 1 aromatic heterocycles. The van der Waals surface area contributed by atoms with E-state index in [-0.39, 0.29) is 11.0 Å². The second-order valence-corrected chi connectivity index (χ2v) is 8.17. The molecule has 0 aliphatic heterocycles. The molecule has 6 heteroatoms.